The molecule has 1 aromatic heterocycles. The SMILES string of the molecule is CC(C)O[Si](C[n+]1ccccc1)(OC(C)C)OC(C)C.O=S(=O)([N-]S(=O)(=O)C(F)(F)F)C(F)(F)F. The minimum atomic E-state index is -6.72. The van der Waals surface area contributed by atoms with Crippen LogP contribution in [0.25, 0.3) is 4.13 Å². The predicted octanol–water partition coefficient (Wildman–Crippen LogP) is 3.79. The summed E-state index contributed by atoms with van der Waals surface area (Å²) in [5.74, 6) is 0. The van der Waals surface area contributed by atoms with E-state index in [-0.39, 0.29) is 18.3 Å². The maximum Gasteiger partial charge on any atom is 0.570 e. The third kappa shape index (κ3) is 12.0. The molecule has 0 fully saturated rings. The quantitative estimate of drug-likeness (QED) is 0.236. The molecule has 0 radical (unpaired) electrons. The molecule has 0 N–H and O–H groups in total. The van der Waals surface area contributed by atoms with Crippen molar-refractivity contribution in [3.8, 4) is 0 Å². The van der Waals surface area contributed by atoms with Gasteiger partial charge in [0.05, 0.1) is 0 Å². The van der Waals surface area contributed by atoms with E-state index >= 15 is 0 Å². The zero-order chi connectivity index (χ0) is 27.9. The van der Waals surface area contributed by atoms with Gasteiger partial charge >= 0.3 is 19.8 Å². The molecular weight excluding hydrogens is 550 g/mol. The second-order valence-electron chi connectivity index (χ2n) is 7.65. The molecule has 0 aliphatic heterocycles. The topological polar surface area (TPSA) is 114 Å². The highest BCUT2D eigenvalue weighted by molar-refractivity contribution is 8.13. The van der Waals surface area contributed by atoms with Crippen molar-refractivity contribution in [1.82, 2.24) is 0 Å². The van der Waals surface area contributed by atoms with Crippen LogP contribution in [0.5, 0.6) is 0 Å². The third-order valence-electron chi connectivity index (χ3n) is 3.18. The number of hydrogen-bond donors (Lipinski definition) is 0. The summed E-state index contributed by atoms with van der Waals surface area (Å²) < 4.78 is 130. The molecule has 0 saturated carbocycles. The summed E-state index contributed by atoms with van der Waals surface area (Å²) in [5, 5.41) is 0. The lowest BCUT2D eigenvalue weighted by atomic mass is 10.5. The summed E-state index contributed by atoms with van der Waals surface area (Å²) in [6.45, 7) is 12.1. The van der Waals surface area contributed by atoms with E-state index in [0.29, 0.717) is 6.17 Å². The lowest BCUT2D eigenvalue weighted by molar-refractivity contribution is -0.685. The maximum atomic E-state index is 11.4. The zero-order valence-corrected chi connectivity index (χ0v) is 22.3. The van der Waals surface area contributed by atoms with Crippen LogP contribution in [-0.2, 0) is 39.5 Å². The fourth-order valence-electron chi connectivity index (χ4n) is 2.25. The van der Waals surface area contributed by atoms with Gasteiger partial charge in [0.1, 0.15) is 0 Å². The molecule has 18 heteroatoms. The molecule has 1 rings (SSSR count). The largest absolute Gasteiger partial charge is 0.570 e. The molecule has 0 aliphatic carbocycles. The van der Waals surface area contributed by atoms with E-state index in [1.165, 1.54) is 0 Å². The highest BCUT2D eigenvalue weighted by atomic mass is 32.3. The highest BCUT2D eigenvalue weighted by Crippen LogP contribution is 2.36. The Morgan fingerprint density at radius 3 is 1.29 bits per heavy atom. The van der Waals surface area contributed by atoms with Gasteiger partial charge in [0, 0.05) is 30.4 Å². The second kappa shape index (κ2) is 12.8. The molecule has 0 atom stereocenters. The van der Waals surface area contributed by atoms with Crippen LogP contribution in [0.3, 0.4) is 0 Å². The Morgan fingerprint density at radius 2 is 1.03 bits per heavy atom. The number of sulfonamides is 2. The Hall–Kier alpha value is -1.31. The monoisotopic (exact) mass is 578 g/mol. The van der Waals surface area contributed by atoms with E-state index in [2.05, 4.69) is 4.57 Å². The normalized spacial score (nSPS) is 13.8. The predicted molar refractivity (Wildman–Crippen MR) is 114 cm³/mol. The van der Waals surface area contributed by atoms with Crippen LogP contribution in [-0.4, -0.2) is 55.0 Å². The summed E-state index contributed by atoms with van der Waals surface area (Å²) in [4.78, 5) is 0. The summed E-state index contributed by atoms with van der Waals surface area (Å²) in [6.07, 6.45) is 4.87. The first-order chi connectivity index (χ1) is 15.5. The number of hydrogen-bond acceptors (Lipinski definition) is 7. The van der Waals surface area contributed by atoms with Crippen LogP contribution < -0.4 is 4.57 Å². The van der Waals surface area contributed by atoms with Crippen molar-refractivity contribution in [2.45, 2.75) is 77.0 Å². The number of rotatable bonds is 10. The van der Waals surface area contributed by atoms with E-state index in [0.717, 1.165) is 4.13 Å². The van der Waals surface area contributed by atoms with Gasteiger partial charge in [0.25, 0.3) is 0 Å². The van der Waals surface area contributed by atoms with Crippen molar-refractivity contribution < 1.29 is 61.0 Å². The Balaban J connectivity index is 0.000000691. The maximum absolute atomic E-state index is 11.4. The van der Waals surface area contributed by atoms with Crippen molar-refractivity contribution >= 4 is 28.9 Å². The minimum absolute atomic E-state index is 0.0727. The van der Waals surface area contributed by atoms with Crippen molar-refractivity contribution in [3.63, 3.8) is 0 Å². The Morgan fingerprint density at radius 1 is 0.714 bits per heavy atom. The smallest absolute Gasteiger partial charge is 0.421 e. The molecule has 1 heterocycles. The van der Waals surface area contributed by atoms with Gasteiger partial charge in [-0.15, -0.1) is 0 Å². The number of nitrogens with zero attached hydrogens (tertiary/aromatic N) is 2. The molecule has 35 heavy (non-hydrogen) atoms. The molecule has 0 amide bonds. The molecule has 1 aromatic rings. The molecule has 0 saturated heterocycles. The van der Waals surface area contributed by atoms with Gasteiger partial charge in [0.15, 0.2) is 32.4 Å². The summed E-state index contributed by atoms with van der Waals surface area (Å²) >= 11 is 0. The van der Waals surface area contributed by atoms with E-state index in [1.807, 2.05) is 72.1 Å². The first kappa shape index (κ1) is 33.7. The molecule has 0 unspecified atom stereocenters. The van der Waals surface area contributed by atoms with Crippen LogP contribution >= 0.6 is 0 Å². The van der Waals surface area contributed by atoms with Crippen molar-refractivity contribution in [3.05, 3.63) is 34.7 Å². The Labute approximate surface area is 201 Å². The molecule has 0 aliphatic rings. The molecule has 0 bridgehead atoms. The number of pyridine rings is 1. The van der Waals surface area contributed by atoms with Crippen molar-refractivity contribution in [2.75, 3.05) is 0 Å². The van der Waals surface area contributed by atoms with Gasteiger partial charge < -0.3 is 17.4 Å². The zero-order valence-electron chi connectivity index (χ0n) is 19.7. The van der Waals surface area contributed by atoms with Gasteiger partial charge in [-0.3, -0.25) is 0 Å². The van der Waals surface area contributed by atoms with E-state index in [9.17, 15) is 43.2 Å². The Bertz CT molecular complexity index is 918. The average molecular weight is 579 g/mol. The van der Waals surface area contributed by atoms with Crippen LogP contribution in [0.1, 0.15) is 41.5 Å². The fraction of sp³-hybridized carbons (Fsp3) is 0.706. The van der Waals surface area contributed by atoms with Crippen molar-refractivity contribution in [2.24, 2.45) is 0 Å². The standard InChI is InChI=1S/C15H28NO3Si.C2F6NO4S2/c1-13(2)17-20(18-14(3)4,19-15(5)6)12-16-10-8-7-9-11-16;3-1(4,5)14(10,11)9-15(12,13)2(6,7)8/h7-11,13-15H,12H2,1-6H3;/q+1;-1. The number of alkyl halides is 6. The summed E-state index contributed by atoms with van der Waals surface area (Å²) in [6, 6.07) is 5.99. The molecule has 0 aromatic carbocycles. The second-order valence-corrected chi connectivity index (χ2v) is 13.5. The first-order valence-electron chi connectivity index (χ1n) is 9.88. The summed E-state index contributed by atoms with van der Waals surface area (Å²) in [5.41, 5.74) is -12.4. The lowest BCUT2D eigenvalue weighted by Crippen LogP contribution is -2.60. The average Bonchev–Trinajstić information content (AvgIpc) is 2.58. The highest BCUT2D eigenvalue weighted by Gasteiger charge is 2.49. The van der Waals surface area contributed by atoms with Crippen LogP contribution in [0.15, 0.2) is 30.6 Å². The van der Waals surface area contributed by atoms with E-state index < -0.39 is 39.9 Å². The van der Waals surface area contributed by atoms with E-state index in [4.69, 9.17) is 13.3 Å². The first-order valence-corrected chi connectivity index (χ1v) is 14.7. The molecular formula is C17H28F6N2O7S2Si. The van der Waals surface area contributed by atoms with Gasteiger partial charge in [-0.2, -0.15) is 26.3 Å². The minimum Gasteiger partial charge on any atom is -0.421 e. The van der Waals surface area contributed by atoms with E-state index in [1.54, 1.807) is 0 Å². The third-order valence-corrected chi connectivity index (χ3v) is 9.16. The van der Waals surface area contributed by atoms with Crippen LogP contribution in [0, 0.1) is 0 Å². The molecule has 0 spiro atoms. The van der Waals surface area contributed by atoms with Crippen molar-refractivity contribution in [1.29, 1.82) is 0 Å². The number of halogens is 6. The summed E-state index contributed by atoms with van der Waals surface area (Å²) in [7, 11) is -16.2. The van der Waals surface area contributed by atoms with Gasteiger partial charge in [-0.25, -0.2) is 21.4 Å². The lowest BCUT2D eigenvalue weighted by Gasteiger charge is -2.32. The molecule has 206 valence electrons. The fourth-order valence-corrected chi connectivity index (χ4v) is 7.16. The number of aromatic nitrogens is 1. The Kier molecular flexibility index (Phi) is 12.3. The van der Waals surface area contributed by atoms with Crippen LogP contribution in [0.2, 0.25) is 0 Å². The van der Waals surface area contributed by atoms with Crippen LogP contribution in [0.4, 0.5) is 26.3 Å². The van der Waals surface area contributed by atoms with Gasteiger partial charge in [-0.05, 0) is 41.5 Å². The van der Waals surface area contributed by atoms with Gasteiger partial charge in [-0.1, -0.05) is 6.07 Å². The molecule has 9 nitrogen and oxygen atoms in total. The van der Waals surface area contributed by atoms with Gasteiger partial charge in [0.2, 0.25) is 6.17 Å².